The summed E-state index contributed by atoms with van der Waals surface area (Å²) in [5.41, 5.74) is 0. The van der Waals surface area contributed by atoms with E-state index in [1.54, 1.807) is 6.07 Å². The van der Waals surface area contributed by atoms with Gasteiger partial charge in [-0.2, -0.15) is 4.31 Å². The van der Waals surface area contributed by atoms with Gasteiger partial charge in [0, 0.05) is 36.7 Å². The summed E-state index contributed by atoms with van der Waals surface area (Å²) in [7, 11) is -0.552. The Balaban J connectivity index is 2.45. The first-order valence-electron chi connectivity index (χ1n) is 6.13. The molecule has 0 unspecified atom stereocenters. The lowest BCUT2D eigenvalue weighted by atomic mass is 10.3. The first-order chi connectivity index (χ1) is 9.50. The SMILES string of the molecule is COc1cc(Br)c(S(=O)(=O)N2CCNCC2)cc1OC. The molecule has 1 aliphatic heterocycles. The number of hydrogen-bond donors (Lipinski definition) is 1. The van der Waals surface area contributed by atoms with Gasteiger partial charge < -0.3 is 14.8 Å². The molecule has 1 aromatic rings. The number of sulfonamides is 1. The van der Waals surface area contributed by atoms with Gasteiger partial charge in [0.05, 0.1) is 14.2 Å². The second kappa shape index (κ2) is 6.30. The number of hydrogen-bond acceptors (Lipinski definition) is 5. The molecule has 2 rings (SSSR count). The van der Waals surface area contributed by atoms with E-state index in [-0.39, 0.29) is 4.90 Å². The number of nitrogens with one attached hydrogen (secondary N) is 1. The van der Waals surface area contributed by atoms with Crippen molar-refractivity contribution in [2.75, 3.05) is 40.4 Å². The highest BCUT2D eigenvalue weighted by Crippen LogP contribution is 2.36. The Morgan fingerprint density at radius 2 is 1.70 bits per heavy atom. The third kappa shape index (κ3) is 2.93. The minimum atomic E-state index is -3.54. The second-order valence-electron chi connectivity index (χ2n) is 4.29. The van der Waals surface area contributed by atoms with E-state index in [0.29, 0.717) is 42.2 Å². The van der Waals surface area contributed by atoms with Gasteiger partial charge in [0.15, 0.2) is 11.5 Å². The maximum atomic E-state index is 12.6. The Morgan fingerprint density at radius 3 is 2.25 bits per heavy atom. The van der Waals surface area contributed by atoms with Gasteiger partial charge in [0.1, 0.15) is 4.90 Å². The Hall–Kier alpha value is -0.830. The molecule has 6 nitrogen and oxygen atoms in total. The molecule has 0 spiro atoms. The van der Waals surface area contributed by atoms with Crippen LogP contribution in [0.5, 0.6) is 11.5 Å². The summed E-state index contributed by atoms with van der Waals surface area (Å²) in [4.78, 5) is 0.192. The average Bonchev–Trinajstić information content (AvgIpc) is 2.47. The highest BCUT2D eigenvalue weighted by Gasteiger charge is 2.29. The summed E-state index contributed by atoms with van der Waals surface area (Å²) < 4.78 is 37.6. The van der Waals surface area contributed by atoms with Crippen LogP contribution in [0.3, 0.4) is 0 Å². The summed E-state index contributed by atoms with van der Waals surface area (Å²) in [5.74, 6) is 0.878. The molecule has 8 heteroatoms. The largest absolute Gasteiger partial charge is 0.493 e. The molecule has 1 heterocycles. The molecule has 0 saturated carbocycles. The van der Waals surface area contributed by atoms with Gasteiger partial charge in [0.25, 0.3) is 0 Å². The molecule has 112 valence electrons. The van der Waals surface area contributed by atoms with E-state index in [1.807, 2.05) is 0 Å². The molecule has 1 N–H and O–H groups in total. The molecule has 0 amide bonds. The fraction of sp³-hybridized carbons (Fsp3) is 0.500. The molecule has 1 saturated heterocycles. The highest BCUT2D eigenvalue weighted by atomic mass is 79.9. The topological polar surface area (TPSA) is 67.9 Å². The number of methoxy groups -OCH3 is 2. The maximum absolute atomic E-state index is 12.6. The molecule has 0 aliphatic carbocycles. The lowest BCUT2D eigenvalue weighted by Gasteiger charge is -2.27. The standard InChI is InChI=1S/C12H17BrN2O4S/c1-18-10-7-9(13)12(8-11(10)19-2)20(16,17)15-5-3-14-4-6-15/h7-8,14H,3-6H2,1-2H3. The Labute approximate surface area is 127 Å². The number of ether oxygens (including phenoxy) is 2. The van der Waals surface area contributed by atoms with Crippen molar-refractivity contribution < 1.29 is 17.9 Å². The zero-order chi connectivity index (χ0) is 14.8. The van der Waals surface area contributed by atoms with Crippen molar-refractivity contribution in [1.29, 1.82) is 0 Å². The summed E-state index contributed by atoms with van der Waals surface area (Å²) in [6.45, 7) is 2.24. The van der Waals surface area contributed by atoms with Crippen LogP contribution in [0, 0.1) is 0 Å². The second-order valence-corrected chi connectivity index (χ2v) is 7.05. The van der Waals surface area contributed by atoms with E-state index >= 15 is 0 Å². The zero-order valence-corrected chi connectivity index (χ0v) is 13.8. The fourth-order valence-corrected chi connectivity index (χ4v) is 4.50. The Morgan fingerprint density at radius 1 is 1.15 bits per heavy atom. The quantitative estimate of drug-likeness (QED) is 0.864. The molecule has 0 bridgehead atoms. The third-order valence-corrected chi connectivity index (χ3v) is 5.99. The van der Waals surface area contributed by atoms with E-state index < -0.39 is 10.0 Å². The summed E-state index contributed by atoms with van der Waals surface area (Å²) in [6.07, 6.45) is 0. The van der Waals surface area contributed by atoms with Crippen LogP contribution in [0.2, 0.25) is 0 Å². The Kier molecular flexibility index (Phi) is 4.90. The van der Waals surface area contributed by atoms with E-state index in [1.165, 1.54) is 24.6 Å². The molecule has 0 radical (unpaired) electrons. The number of nitrogens with zero attached hydrogens (tertiary/aromatic N) is 1. The number of rotatable bonds is 4. The summed E-state index contributed by atoms with van der Waals surface area (Å²) >= 11 is 3.30. The van der Waals surface area contributed by atoms with Gasteiger partial charge in [-0.3, -0.25) is 0 Å². The third-order valence-electron chi connectivity index (χ3n) is 3.13. The monoisotopic (exact) mass is 364 g/mol. The number of piperazine rings is 1. The van der Waals surface area contributed by atoms with Crippen LogP contribution in [-0.2, 0) is 10.0 Å². The van der Waals surface area contributed by atoms with E-state index in [0.717, 1.165) is 0 Å². The van der Waals surface area contributed by atoms with Crippen LogP contribution < -0.4 is 14.8 Å². The lowest BCUT2D eigenvalue weighted by molar-refractivity contribution is 0.350. The molecule has 1 fully saturated rings. The van der Waals surface area contributed by atoms with Gasteiger partial charge in [-0.25, -0.2) is 8.42 Å². The van der Waals surface area contributed by atoms with Crippen LogP contribution in [0.15, 0.2) is 21.5 Å². The summed E-state index contributed by atoms with van der Waals surface area (Å²) in [5, 5.41) is 3.13. The minimum absolute atomic E-state index is 0.192. The van der Waals surface area contributed by atoms with Crippen molar-refractivity contribution in [2.45, 2.75) is 4.90 Å². The molecular formula is C12H17BrN2O4S. The molecular weight excluding hydrogens is 348 g/mol. The number of benzene rings is 1. The van der Waals surface area contributed by atoms with Crippen molar-refractivity contribution in [3.8, 4) is 11.5 Å². The fourth-order valence-electron chi connectivity index (χ4n) is 2.06. The molecule has 20 heavy (non-hydrogen) atoms. The first kappa shape index (κ1) is 15.6. The predicted molar refractivity (Wildman–Crippen MR) is 78.9 cm³/mol. The van der Waals surface area contributed by atoms with Gasteiger partial charge in [-0.1, -0.05) is 0 Å². The van der Waals surface area contributed by atoms with Crippen LogP contribution in [0.1, 0.15) is 0 Å². The smallest absolute Gasteiger partial charge is 0.244 e. The van der Waals surface area contributed by atoms with Gasteiger partial charge in [0.2, 0.25) is 10.0 Å². The maximum Gasteiger partial charge on any atom is 0.244 e. The summed E-state index contributed by atoms with van der Waals surface area (Å²) in [6, 6.07) is 3.09. The Bertz CT molecular complexity index is 585. The average molecular weight is 365 g/mol. The van der Waals surface area contributed by atoms with Crippen molar-refractivity contribution in [2.24, 2.45) is 0 Å². The normalized spacial score (nSPS) is 16.9. The van der Waals surface area contributed by atoms with Gasteiger partial charge >= 0.3 is 0 Å². The van der Waals surface area contributed by atoms with Crippen LogP contribution in [0.25, 0.3) is 0 Å². The molecule has 1 aliphatic rings. The van der Waals surface area contributed by atoms with Crippen LogP contribution in [0.4, 0.5) is 0 Å². The predicted octanol–water partition coefficient (Wildman–Crippen LogP) is 1.06. The van der Waals surface area contributed by atoms with Crippen molar-refractivity contribution >= 4 is 26.0 Å². The van der Waals surface area contributed by atoms with Crippen LogP contribution >= 0.6 is 15.9 Å². The zero-order valence-electron chi connectivity index (χ0n) is 11.3. The van der Waals surface area contributed by atoms with Crippen molar-refractivity contribution in [3.63, 3.8) is 0 Å². The van der Waals surface area contributed by atoms with Crippen molar-refractivity contribution in [1.82, 2.24) is 9.62 Å². The lowest BCUT2D eigenvalue weighted by Crippen LogP contribution is -2.46. The van der Waals surface area contributed by atoms with E-state index in [2.05, 4.69) is 21.2 Å². The first-order valence-corrected chi connectivity index (χ1v) is 8.36. The van der Waals surface area contributed by atoms with Gasteiger partial charge in [-0.05, 0) is 22.0 Å². The minimum Gasteiger partial charge on any atom is -0.493 e. The van der Waals surface area contributed by atoms with Gasteiger partial charge in [-0.15, -0.1) is 0 Å². The molecule has 0 atom stereocenters. The molecule has 0 aromatic heterocycles. The van der Waals surface area contributed by atoms with Crippen molar-refractivity contribution in [3.05, 3.63) is 16.6 Å². The van der Waals surface area contributed by atoms with E-state index in [4.69, 9.17) is 9.47 Å². The number of halogens is 1. The molecule has 1 aromatic carbocycles. The van der Waals surface area contributed by atoms with Crippen LogP contribution in [-0.4, -0.2) is 53.1 Å². The van der Waals surface area contributed by atoms with E-state index in [9.17, 15) is 8.42 Å². The highest BCUT2D eigenvalue weighted by molar-refractivity contribution is 9.10.